The smallest absolute Gasteiger partial charge is 0.380 e. The van der Waals surface area contributed by atoms with Crippen molar-refractivity contribution in [2.24, 2.45) is 4.99 Å². The maximum absolute atomic E-state index is 13.3. The van der Waals surface area contributed by atoms with Crippen LogP contribution in [0.4, 0.5) is 18.9 Å². The van der Waals surface area contributed by atoms with E-state index in [9.17, 15) is 23.7 Å². The molecule has 1 aromatic heterocycles. The third-order valence-corrected chi connectivity index (χ3v) is 7.23. The van der Waals surface area contributed by atoms with Gasteiger partial charge in [0.15, 0.2) is 17.1 Å². The fourth-order valence-corrected chi connectivity index (χ4v) is 5.60. The molecular formula is C22H15ClF3N5O3S. The average molecular weight is 522 g/mol. The van der Waals surface area contributed by atoms with Crippen LogP contribution in [0.2, 0.25) is 5.02 Å². The second-order valence-corrected chi connectivity index (χ2v) is 9.39. The lowest BCUT2D eigenvalue weighted by Crippen LogP contribution is -2.21. The summed E-state index contributed by atoms with van der Waals surface area (Å²) in [6, 6.07) is 14.2. The van der Waals surface area contributed by atoms with Crippen LogP contribution in [-0.4, -0.2) is 28.1 Å². The minimum atomic E-state index is -5.00. The Kier molecular flexibility index (Phi) is 6.74. The summed E-state index contributed by atoms with van der Waals surface area (Å²) in [6.07, 6.45) is -5.00. The Labute approximate surface area is 204 Å². The topological polar surface area (TPSA) is 105 Å². The number of imidazole rings is 1. The fraction of sp³-hybridized carbons (Fsp3) is 0.182. The molecule has 1 aliphatic heterocycles. The van der Waals surface area contributed by atoms with Gasteiger partial charge >= 0.3 is 6.36 Å². The average Bonchev–Trinajstić information content (AvgIpc) is 3.36. The van der Waals surface area contributed by atoms with Crippen LogP contribution in [0, 0.1) is 22.7 Å². The first-order chi connectivity index (χ1) is 16.7. The molecule has 0 amide bonds. The molecule has 1 aliphatic rings. The van der Waals surface area contributed by atoms with Gasteiger partial charge < -0.3 is 8.92 Å². The maximum atomic E-state index is 13.3. The number of nitriles is 2. The van der Waals surface area contributed by atoms with Crippen LogP contribution in [0.1, 0.15) is 18.3 Å². The number of fused-ring (bicyclic) bond motifs is 1. The first-order valence-corrected chi connectivity index (χ1v) is 11.9. The number of aromatic nitrogens is 2. The Morgan fingerprint density at radius 3 is 2.57 bits per heavy atom. The molecule has 1 atom stereocenters. The highest BCUT2D eigenvalue weighted by Crippen LogP contribution is 2.65. The van der Waals surface area contributed by atoms with Crippen LogP contribution in [0.5, 0.6) is 5.75 Å². The van der Waals surface area contributed by atoms with Crippen molar-refractivity contribution >= 4 is 33.4 Å². The van der Waals surface area contributed by atoms with Gasteiger partial charge in [-0.25, -0.2) is 9.98 Å². The number of halogens is 4. The summed E-state index contributed by atoms with van der Waals surface area (Å²) in [7, 11) is -3.49. The molecule has 0 radical (unpaired) electrons. The van der Waals surface area contributed by atoms with Crippen LogP contribution < -0.4 is 4.18 Å². The molecule has 180 valence electrons. The van der Waals surface area contributed by atoms with Gasteiger partial charge in [-0.2, -0.15) is 14.7 Å². The molecule has 2 aromatic carbocycles. The van der Waals surface area contributed by atoms with E-state index in [0.29, 0.717) is 17.9 Å². The summed E-state index contributed by atoms with van der Waals surface area (Å²) in [4.78, 5) is 8.37. The molecule has 1 unspecified atom stereocenters. The van der Waals surface area contributed by atoms with Crippen molar-refractivity contribution in [1.29, 1.82) is 10.5 Å². The number of alkyl halides is 3. The fourth-order valence-electron chi connectivity index (χ4n) is 3.29. The highest BCUT2D eigenvalue weighted by Gasteiger charge is 2.44. The van der Waals surface area contributed by atoms with Gasteiger partial charge in [0.05, 0.1) is 10.7 Å². The van der Waals surface area contributed by atoms with E-state index in [1.165, 1.54) is 28.8 Å². The molecule has 0 bridgehead atoms. The lowest BCUT2D eigenvalue weighted by molar-refractivity contribution is -0.271. The third kappa shape index (κ3) is 4.83. The zero-order valence-electron chi connectivity index (χ0n) is 17.9. The molecule has 4 rings (SSSR count). The van der Waals surface area contributed by atoms with E-state index < -0.39 is 17.0 Å². The monoisotopic (exact) mass is 521 g/mol. The minimum Gasteiger partial charge on any atom is -0.380 e. The van der Waals surface area contributed by atoms with Crippen LogP contribution in [0.3, 0.4) is 0 Å². The van der Waals surface area contributed by atoms with Crippen molar-refractivity contribution in [3.63, 3.8) is 0 Å². The van der Waals surface area contributed by atoms with Crippen molar-refractivity contribution in [2.45, 2.75) is 24.9 Å². The molecule has 0 fully saturated rings. The van der Waals surface area contributed by atoms with E-state index in [-0.39, 0.29) is 39.6 Å². The first-order valence-electron chi connectivity index (χ1n) is 9.93. The van der Waals surface area contributed by atoms with Gasteiger partial charge in [-0.1, -0.05) is 34.3 Å². The molecule has 2 heterocycles. The first kappa shape index (κ1) is 24.6. The van der Waals surface area contributed by atoms with Crippen molar-refractivity contribution in [1.82, 2.24) is 9.55 Å². The van der Waals surface area contributed by atoms with E-state index in [2.05, 4.69) is 14.2 Å². The second kappa shape index (κ2) is 9.60. The number of hydrogen-bond acceptors (Lipinski definition) is 7. The Balaban J connectivity index is 1.74. The summed E-state index contributed by atoms with van der Waals surface area (Å²) in [5, 5.41) is 18.8. The molecular weight excluding hydrogens is 507 g/mol. The Morgan fingerprint density at radius 2 is 1.91 bits per heavy atom. The predicted molar refractivity (Wildman–Crippen MR) is 122 cm³/mol. The van der Waals surface area contributed by atoms with Gasteiger partial charge in [0.2, 0.25) is 0 Å². The SMILES string of the molecule is CCOCn1c(-c2ccc(OS3(OC(F)(F)F)C=Nc4ccccc43)c(Cl)c2)nc(C#N)c1C#N. The molecule has 0 N–H and O–H groups in total. The van der Waals surface area contributed by atoms with E-state index in [0.717, 1.165) is 5.55 Å². The van der Waals surface area contributed by atoms with Gasteiger partial charge in [-0.3, -0.25) is 4.57 Å². The van der Waals surface area contributed by atoms with Crippen LogP contribution in [0.15, 0.2) is 52.4 Å². The van der Waals surface area contributed by atoms with Gasteiger partial charge in [0, 0.05) is 12.2 Å². The molecule has 8 nitrogen and oxygen atoms in total. The van der Waals surface area contributed by atoms with Gasteiger partial charge in [-0.05, 0) is 37.3 Å². The third-order valence-electron chi connectivity index (χ3n) is 4.73. The van der Waals surface area contributed by atoms with Crippen LogP contribution >= 0.6 is 22.2 Å². The Bertz CT molecular complexity index is 1400. The molecule has 35 heavy (non-hydrogen) atoms. The van der Waals surface area contributed by atoms with Gasteiger partial charge in [-0.15, -0.1) is 13.2 Å². The number of benzene rings is 2. The molecule has 0 saturated heterocycles. The summed E-state index contributed by atoms with van der Waals surface area (Å²) in [5.74, 6) is 0.142. The quantitative estimate of drug-likeness (QED) is 0.365. The summed E-state index contributed by atoms with van der Waals surface area (Å²) >= 11 is 6.40. The van der Waals surface area contributed by atoms with Gasteiger partial charge in [0.25, 0.3) is 0 Å². The molecule has 13 heteroatoms. The number of rotatable bonds is 7. The maximum Gasteiger partial charge on any atom is 0.542 e. The molecule has 0 spiro atoms. The summed E-state index contributed by atoms with van der Waals surface area (Å²) in [6.45, 7) is 2.08. The minimum absolute atomic E-state index is 0.00754. The van der Waals surface area contributed by atoms with Crippen molar-refractivity contribution in [3.8, 4) is 29.3 Å². The highest BCUT2D eigenvalue weighted by atomic mass is 35.5. The molecule has 3 aromatic rings. The highest BCUT2D eigenvalue weighted by molar-refractivity contribution is 8.37. The summed E-state index contributed by atoms with van der Waals surface area (Å²) in [5.41, 5.74) is 1.60. The number of aliphatic imine (C=N–C) groups is 1. The second-order valence-electron chi connectivity index (χ2n) is 6.91. The van der Waals surface area contributed by atoms with Crippen molar-refractivity contribution in [2.75, 3.05) is 6.61 Å². The van der Waals surface area contributed by atoms with Crippen LogP contribution in [0.25, 0.3) is 11.4 Å². The van der Waals surface area contributed by atoms with Crippen molar-refractivity contribution < 1.29 is 26.3 Å². The van der Waals surface area contributed by atoms with Crippen molar-refractivity contribution in [3.05, 3.63) is 58.9 Å². The van der Waals surface area contributed by atoms with E-state index in [1.807, 2.05) is 12.1 Å². The van der Waals surface area contributed by atoms with E-state index in [4.69, 9.17) is 20.5 Å². The zero-order valence-corrected chi connectivity index (χ0v) is 19.5. The number of ether oxygens (including phenoxy) is 1. The normalized spacial score (nSPS) is 18.4. The number of nitrogens with zero attached hydrogens (tertiary/aromatic N) is 5. The molecule has 0 aliphatic carbocycles. The Morgan fingerprint density at radius 1 is 1.14 bits per heavy atom. The van der Waals surface area contributed by atoms with E-state index >= 15 is 0 Å². The zero-order chi connectivity index (χ0) is 25.2. The lowest BCUT2D eigenvalue weighted by Gasteiger charge is -2.37. The largest absolute Gasteiger partial charge is 0.542 e. The Hall–Kier alpha value is -3.55. The number of para-hydroxylation sites is 1. The predicted octanol–water partition coefficient (Wildman–Crippen LogP) is 6.22. The summed E-state index contributed by atoms with van der Waals surface area (Å²) < 4.78 is 57.0. The standard InChI is InChI=1S/C22H15ClF3N5O3S/c1-2-32-13-31-18(11-28)17(10-27)30-21(31)14-7-8-19(15(23)9-14)33-35(34-22(24,25)26)12-29-16-5-3-4-6-20(16)35/h3-9,12H,2,13H2,1H3. The van der Waals surface area contributed by atoms with Gasteiger partial charge in [0.1, 0.15) is 35.1 Å². The molecule has 0 saturated carbocycles. The van der Waals surface area contributed by atoms with E-state index in [1.54, 1.807) is 25.1 Å². The van der Waals surface area contributed by atoms with Crippen LogP contribution in [-0.2, 0) is 15.7 Å². The lowest BCUT2D eigenvalue weighted by atomic mass is 10.2. The number of hydrogen-bond donors (Lipinski definition) is 0.